The van der Waals surface area contributed by atoms with Crippen molar-refractivity contribution in [1.82, 2.24) is 15.5 Å². The van der Waals surface area contributed by atoms with E-state index in [2.05, 4.69) is 22.1 Å². The molecule has 1 saturated heterocycles. The normalized spacial score (nSPS) is 22.3. The molecule has 1 aliphatic heterocycles. The topological polar surface area (TPSA) is 61.4 Å². The van der Waals surface area contributed by atoms with E-state index in [9.17, 15) is 9.59 Å². The van der Waals surface area contributed by atoms with E-state index < -0.39 is 0 Å². The largest absolute Gasteiger partial charge is 0.347 e. The van der Waals surface area contributed by atoms with Crippen LogP contribution in [0, 0.1) is 5.41 Å². The zero-order chi connectivity index (χ0) is 15.6. The van der Waals surface area contributed by atoms with Gasteiger partial charge < -0.3 is 15.5 Å². The number of nitrogens with zero attached hydrogens (tertiary/aromatic N) is 1. The van der Waals surface area contributed by atoms with Gasteiger partial charge in [-0.3, -0.25) is 9.59 Å². The van der Waals surface area contributed by atoms with Crippen LogP contribution in [-0.4, -0.2) is 42.4 Å². The lowest BCUT2D eigenvalue weighted by molar-refractivity contribution is -0.134. The highest BCUT2D eigenvalue weighted by atomic mass is 32.1. The standard InChI is InChI=1S/C16H23N3O2S/c1-12(20)18-9-15(21)19(10-13-2-7-22-11-13)14-8-16(14)3-5-17-6-4-16/h2,7,11,14,17H,3-6,8-10H2,1H3,(H,18,20). The van der Waals surface area contributed by atoms with E-state index in [1.165, 1.54) is 12.5 Å². The number of piperidine rings is 1. The lowest BCUT2D eigenvalue weighted by atomic mass is 9.93. The summed E-state index contributed by atoms with van der Waals surface area (Å²) in [4.78, 5) is 25.6. The number of thiophene rings is 1. The second kappa shape index (κ2) is 6.38. The van der Waals surface area contributed by atoms with E-state index in [-0.39, 0.29) is 18.4 Å². The van der Waals surface area contributed by atoms with Crippen LogP contribution in [0.5, 0.6) is 0 Å². The van der Waals surface area contributed by atoms with Gasteiger partial charge in [0.15, 0.2) is 0 Å². The summed E-state index contributed by atoms with van der Waals surface area (Å²) >= 11 is 1.65. The van der Waals surface area contributed by atoms with Gasteiger partial charge in [-0.05, 0) is 60.2 Å². The SMILES string of the molecule is CC(=O)NCC(=O)N(Cc1ccsc1)C1CC12CCNCC2. The zero-order valence-corrected chi connectivity index (χ0v) is 13.7. The molecular weight excluding hydrogens is 298 g/mol. The van der Waals surface area contributed by atoms with Crippen molar-refractivity contribution in [3.05, 3.63) is 22.4 Å². The van der Waals surface area contributed by atoms with Gasteiger partial charge in [0, 0.05) is 19.5 Å². The molecule has 1 aliphatic carbocycles. The molecule has 2 heterocycles. The smallest absolute Gasteiger partial charge is 0.242 e. The van der Waals surface area contributed by atoms with Crippen LogP contribution in [-0.2, 0) is 16.1 Å². The summed E-state index contributed by atoms with van der Waals surface area (Å²) in [5.74, 6) is -0.127. The molecule has 0 aromatic carbocycles. The average Bonchev–Trinajstić information content (AvgIpc) is 2.95. The minimum Gasteiger partial charge on any atom is -0.347 e. The Hall–Kier alpha value is -1.40. The van der Waals surface area contributed by atoms with Crippen molar-refractivity contribution >= 4 is 23.2 Å². The summed E-state index contributed by atoms with van der Waals surface area (Å²) in [5, 5.41) is 10.2. The van der Waals surface area contributed by atoms with Crippen LogP contribution in [0.1, 0.15) is 31.7 Å². The van der Waals surface area contributed by atoms with Crippen molar-refractivity contribution in [2.75, 3.05) is 19.6 Å². The fourth-order valence-electron chi connectivity index (χ4n) is 3.48. The lowest BCUT2D eigenvalue weighted by Crippen LogP contribution is -2.43. The summed E-state index contributed by atoms with van der Waals surface area (Å²) in [6.07, 6.45) is 3.39. The first-order valence-corrected chi connectivity index (χ1v) is 8.81. The molecule has 0 radical (unpaired) electrons. The van der Waals surface area contributed by atoms with Crippen molar-refractivity contribution < 1.29 is 9.59 Å². The quantitative estimate of drug-likeness (QED) is 0.861. The van der Waals surface area contributed by atoms with Crippen LogP contribution < -0.4 is 10.6 Å². The third kappa shape index (κ3) is 3.33. The van der Waals surface area contributed by atoms with Gasteiger partial charge in [-0.15, -0.1) is 0 Å². The van der Waals surface area contributed by atoms with Crippen molar-refractivity contribution in [2.45, 2.75) is 38.8 Å². The summed E-state index contributed by atoms with van der Waals surface area (Å²) in [7, 11) is 0. The van der Waals surface area contributed by atoms with E-state index in [1.54, 1.807) is 11.3 Å². The van der Waals surface area contributed by atoms with Gasteiger partial charge >= 0.3 is 0 Å². The number of nitrogens with one attached hydrogen (secondary N) is 2. The van der Waals surface area contributed by atoms with Gasteiger partial charge in [0.05, 0.1) is 6.54 Å². The van der Waals surface area contributed by atoms with E-state index in [1.807, 2.05) is 10.3 Å². The molecule has 5 nitrogen and oxygen atoms in total. The maximum atomic E-state index is 12.6. The van der Waals surface area contributed by atoms with Gasteiger partial charge in [0.2, 0.25) is 11.8 Å². The predicted octanol–water partition coefficient (Wildman–Crippen LogP) is 1.35. The number of carbonyl (C=O) groups excluding carboxylic acids is 2. The van der Waals surface area contributed by atoms with Crippen LogP contribution in [0.3, 0.4) is 0 Å². The number of hydrogen-bond acceptors (Lipinski definition) is 4. The van der Waals surface area contributed by atoms with Crippen LogP contribution in [0.15, 0.2) is 16.8 Å². The lowest BCUT2D eigenvalue weighted by Gasteiger charge is -2.29. The van der Waals surface area contributed by atoms with E-state index in [0.717, 1.165) is 32.4 Å². The van der Waals surface area contributed by atoms with Crippen molar-refractivity contribution in [3.63, 3.8) is 0 Å². The average molecular weight is 321 g/mol. The summed E-state index contributed by atoms with van der Waals surface area (Å²) in [6, 6.07) is 2.40. The van der Waals surface area contributed by atoms with E-state index >= 15 is 0 Å². The molecule has 120 valence electrons. The van der Waals surface area contributed by atoms with Gasteiger partial charge in [-0.25, -0.2) is 0 Å². The van der Waals surface area contributed by atoms with Crippen LogP contribution in [0.25, 0.3) is 0 Å². The number of rotatable bonds is 5. The summed E-state index contributed by atoms with van der Waals surface area (Å²) < 4.78 is 0. The fraction of sp³-hybridized carbons (Fsp3) is 0.625. The molecule has 2 N–H and O–H groups in total. The Morgan fingerprint density at radius 3 is 2.86 bits per heavy atom. The highest BCUT2D eigenvalue weighted by Gasteiger charge is 2.57. The van der Waals surface area contributed by atoms with Crippen molar-refractivity contribution in [1.29, 1.82) is 0 Å². The molecule has 3 rings (SSSR count). The first-order chi connectivity index (χ1) is 10.6. The third-order valence-corrected chi connectivity index (χ3v) is 5.60. The van der Waals surface area contributed by atoms with Gasteiger partial charge in [0.25, 0.3) is 0 Å². The molecule has 1 atom stereocenters. The first kappa shape index (κ1) is 15.5. The summed E-state index contributed by atoms with van der Waals surface area (Å²) in [5.41, 5.74) is 1.49. The van der Waals surface area contributed by atoms with E-state index in [4.69, 9.17) is 0 Å². The highest BCUT2D eigenvalue weighted by molar-refractivity contribution is 7.07. The second-order valence-corrected chi connectivity index (χ2v) is 7.18. The van der Waals surface area contributed by atoms with Gasteiger partial charge in [-0.1, -0.05) is 0 Å². The van der Waals surface area contributed by atoms with Gasteiger partial charge in [-0.2, -0.15) is 11.3 Å². The molecular formula is C16H23N3O2S. The molecule has 2 aliphatic rings. The Morgan fingerprint density at radius 1 is 1.45 bits per heavy atom. The minimum atomic E-state index is -0.156. The number of carbonyl (C=O) groups is 2. The minimum absolute atomic E-state index is 0.0295. The first-order valence-electron chi connectivity index (χ1n) is 7.86. The van der Waals surface area contributed by atoms with E-state index in [0.29, 0.717) is 18.0 Å². The maximum Gasteiger partial charge on any atom is 0.242 e. The number of hydrogen-bond donors (Lipinski definition) is 2. The maximum absolute atomic E-state index is 12.6. The number of amides is 2. The molecule has 22 heavy (non-hydrogen) atoms. The molecule has 1 aromatic heterocycles. The predicted molar refractivity (Wildman–Crippen MR) is 86.5 cm³/mol. The molecule has 1 saturated carbocycles. The van der Waals surface area contributed by atoms with Crippen LogP contribution >= 0.6 is 11.3 Å². The Bertz CT molecular complexity index is 538. The molecule has 0 bridgehead atoms. The fourth-order valence-corrected chi connectivity index (χ4v) is 4.14. The Balaban J connectivity index is 1.69. The second-order valence-electron chi connectivity index (χ2n) is 6.40. The highest BCUT2D eigenvalue weighted by Crippen LogP contribution is 2.56. The van der Waals surface area contributed by atoms with Crippen molar-refractivity contribution in [3.8, 4) is 0 Å². The Morgan fingerprint density at radius 2 is 2.23 bits per heavy atom. The molecule has 6 heteroatoms. The zero-order valence-electron chi connectivity index (χ0n) is 12.9. The molecule has 2 amide bonds. The molecule has 1 aromatic rings. The Kier molecular flexibility index (Phi) is 4.49. The Labute approximate surface area is 135 Å². The third-order valence-electron chi connectivity index (χ3n) is 4.86. The molecule has 1 unspecified atom stereocenters. The molecule has 2 fully saturated rings. The molecule has 1 spiro atoms. The summed E-state index contributed by atoms with van der Waals surface area (Å²) in [6.45, 7) is 4.29. The monoisotopic (exact) mass is 321 g/mol. The van der Waals surface area contributed by atoms with Gasteiger partial charge in [0.1, 0.15) is 0 Å². The van der Waals surface area contributed by atoms with Crippen LogP contribution in [0.4, 0.5) is 0 Å². The van der Waals surface area contributed by atoms with Crippen molar-refractivity contribution in [2.24, 2.45) is 5.41 Å². The van der Waals surface area contributed by atoms with Crippen LogP contribution in [0.2, 0.25) is 0 Å².